The van der Waals surface area contributed by atoms with Crippen molar-refractivity contribution in [1.82, 2.24) is 0 Å². The van der Waals surface area contributed by atoms with Gasteiger partial charge in [-0.05, 0) is 37.5 Å². The Kier molecular flexibility index (Phi) is 51.5. The summed E-state index contributed by atoms with van der Waals surface area (Å²) in [5, 5.41) is 10.5. The molecule has 0 spiro atoms. The standard InChI is InChI=1S/C60H116O17P2/c1-7-9-11-13-14-15-16-17-18-19-20-25-32-38-44-59(64)77-56(49-71-58(63)43-37-31-26-21-23-29-34-40-52(3)4)51-75-79(68,69)73-47-54(61)46-72-78(66,67)74-50-55(48-70-57(62)42-36-28-12-10-8-2)76-60(65)45-39-33-27-22-24-30-35-41-53(5)6/h52-56,61H,7-51H2,1-6H3,(H,66,67)(H,68,69)/t54-,55+,56+/m0/s1. The lowest BCUT2D eigenvalue weighted by Crippen LogP contribution is -2.30. The molecule has 19 heteroatoms. The van der Waals surface area contributed by atoms with E-state index >= 15 is 0 Å². The van der Waals surface area contributed by atoms with E-state index in [1.807, 2.05) is 0 Å². The van der Waals surface area contributed by atoms with Crippen LogP contribution in [0.25, 0.3) is 0 Å². The van der Waals surface area contributed by atoms with Crippen molar-refractivity contribution in [2.24, 2.45) is 11.8 Å². The first-order valence-electron chi connectivity index (χ1n) is 31.5. The molecule has 0 aliphatic rings. The van der Waals surface area contributed by atoms with E-state index in [9.17, 15) is 43.2 Å². The molecule has 468 valence electrons. The number of hydrogen-bond acceptors (Lipinski definition) is 15. The molecule has 0 heterocycles. The van der Waals surface area contributed by atoms with E-state index in [-0.39, 0.29) is 25.7 Å². The van der Waals surface area contributed by atoms with Crippen LogP contribution >= 0.6 is 15.6 Å². The Morgan fingerprint density at radius 3 is 0.861 bits per heavy atom. The summed E-state index contributed by atoms with van der Waals surface area (Å²) in [4.78, 5) is 71.7. The van der Waals surface area contributed by atoms with Gasteiger partial charge in [0, 0.05) is 25.7 Å². The molecule has 0 aromatic carbocycles. The van der Waals surface area contributed by atoms with Crippen molar-refractivity contribution in [2.75, 3.05) is 39.6 Å². The second kappa shape index (κ2) is 52.8. The van der Waals surface area contributed by atoms with Gasteiger partial charge in [-0.3, -0.25) is 37.3 Å². The number of aliphatic hydroxyl groups is 1. The van der Waals surface area contributed by atoms with Gasteiger partial charge in [-0.2, -0.15) is 0 Å². The summed E-state index contributed by atoms with van der Waals surface area (Å²) >= 11 is 0. The molecule has 17 nitrogen and oxygen atoms in total. The third kappa shape index (κ3) is 55.0. The maximum Gasteiger partial charge on any atom is 0.472 e. The molecule has 79 heavy (non-hydrogen) atoms. The Morgan fingerprint density at radius 1 is 0.342 bits per heavy atom. The van der Waals surface area contributed by atoms with Crippen molar-refractivity contribution in [3.8, 4) is 0 Å². The summed E-state index contributed by atoms with van der Waals surface area (Å²) in [6, 6.07) is 0. The average Bonchev–Trinajstić information content (AvgIpc) is 3.40. The van der Waals surface area contributed by atoms with Crippen molar-refractivity contribution in [3.05, 3.63) is 0 Å². The van der Waals surface area contributed by atoms with E-state index in [2.05, 4.69) is 41.5 Å². The predicted molar refractivity (Wildman–Crippen MR) is 312 cm³/mol. The summed E-state index contributed by atoms with van der Waals surface area (Å²) in [7, 11) is -9.87. The van der Waals surface area contributed by atoms with Crippen molar-refractivity contribution in [1.29, 1.82) is 0 Å². The predicted octanol–water partition coefficient (Wildman–Crippen LogP) is 16.1. The fraction of sp³-hybridized carbons (Fsp3) is 0.933. The van der Waals surface area contributed by atoms with Crippen molar-refractivity contribution < 1.29 is 80.2 Å². The van der Waals surface area contributed by atoms with Gasteiger partial charge >= 0.3 is 39.5 Å². The third-order valence-electron chi connectivity index (χ3n) is 13.7. The molecule has 0 saturated carbocycles. The molecule has 3 N–H and O–H groups in total. The average molecular weight is 1170 g/mol. The molecule has 0 amide bonds. The Morgan fingerprint density at radius 2 is 0.582 bits per heavy atom. The van der Waals surface area contributed by atoms with Gasteiger partial charge in [0.1, 0.15) is 19.3 Å². The van der Waals surface area contributed by atoms with Crippen LogP contribution in [0, 0.1) is 11.8 Å². The van der Waals surface area contributed by atoms with Crippen molar-refractivity contribution in [3.63, 3.8) is 0 Å². The number of phosphoric acid groups is 2. The van der Waals surface area contributed by atoms with Crippen LogP contribution in [0.3, 0.4) is 0 Å². The lowest BCUT2D eigenvalue weighted by molar-refractivity contribution is -0.161. The van der Waals surface area contributed by atoms with Gasteiger partial charge in [0.2, 0.25) is 0 Å². The summed E-state index contributed by atoms with van der Waals surface area (Å²) < 4.78 is 67.6. The van der Waals surface area contributed by atoms with Crippen LogP contribution < -0.4 is 0 Å². The Balaban J connectivity index is 5.18. The molecule has 2 unspecified atom stereocenters. The van der Waals surface area contributed by atoms with E-state index in [1.165, 1.54) is 96.3 Å². The zero-order valence-electron chi connectivity index (χ0n) is 50.7. The molecular weight excluding hydrogens is 1050 g/mol. The first-order chi connectivity index (χ1) is 37.9. The lowest BCUT2D eigenvalue weighted by atomic mass is 10.0. The van der Waals surface area contributed by atoms with Crippen molar-refractivity contribution in [2.45, 2.75) is 310 Å². The van der Waals surface area contributed by atoms with Crippen LogP contribution in [-0.4, -0.2) is 96.7 Å². The highest BCUT2D eigenvalue weighted by Crippen LogP contribution is 2.45. The smallest absolute Gasteiger partial charge is 0.462 e. The Hall–Kier alpha value is -1.94. The number of ether oxygens (including phenoxy) is 4. The van der Waals surface area contributed by atoms with Gasteiger partial charge in [0.05, 0.1) is 26.4 Å². The van der Waals surface area contributed by atoms with E-state index in [0.717, 1.165) is 103 Å². The maximum absolute atomic E-state index is 12.9. The minimum atomic E-state index is -4.94. The topological polar surface area (TPSA) is 237 Å². The molecule has 0 aromatic heterocycles. The summed E-state index contributed by atoms with van der Waals surface area (Å²) in [5.41, 5.74) is 0. The van der Waals surface area contributed by atoms with Crippen LogP contribution in [0.2, 0.25) is 0 Å². The first kappa shape index (κ1) is 77.1. The Labute approximate surface area is 479 Å². The van der Waals surface area contributed by atoms with Crippen LogP contribution in [0.1, 0.15) is 292 Å². The fourth-order valence-corrected chi connectivity index (χ4v) is 10.4. The summed E-state index contributed by atoms with van der Waals surface area (Å²) in [6.45, 7) is 9.26. The minimum Gasteiger partial charge on any atom is -0.462 e. The maximum atomic E-state index is 12.9. The first-order valence-corrected chi connectivity index (χ1v) is 34.5. The Bertz CT molecular complexity index is 1560. The van der Waals surface area contributed by atoms with Crippen LogP contribution in [0.5, 0.6) is 0 Å². The zero-order valence-corrected chi connectivity index (χ0v) is 52.4. The van der Waals surface area contributed by atoms with E-state index in [0.29, 0.717) is 37.5 Å². The van der Waals surface area contributed by atoms with Crippen molar-refractivity contribution >= 4 is 39.5 Å². The highest BCUT2D eigenvalue weighted by molar-refractivity contribution is 7.47. The summed E-state index contributed by atoms with van der Waals surface area (Å²) in [5.74, 6) is -0.751. The van der Waals surface area contributed by atoms with E-state index in [1.54, 1.807) is 0 Å². The van der Waals surface area contributed by atoms with E-state index < -0.39 is 97.5 Å². The summed E-state index contributed by atoms with van der Waals surface area (Å²) in [6.07, 6.45) is 34.0. The third-order valence-corrected chi connectivity index (χ3v) is 15.6. The van der Waals surface area contributed by atoms with Crippen LogP contribution in [0.15, 0.2) is 0 Å². The molecule has 0 radical (unpaired) electrons. The number of esters is 4. The number of unbranched alkanes of at least 4 members (excludes halogenated alkanes) is 29. The molecule has 0 fully saturated rings. The van der Waals surface area contributed by atoms with Gasteiger partial charge in [-0.15, -0.1) is 0 Å². The van der Waals surface area contributed by atoms with Crippen LogP contribution in [-0.2, 0) is 65.4 Å². The minimum absolute atomic E-state index is 0.102. The zero-order chi connectivity index (χ0) is 58.7. The molecule has 0 aliphatic carbocycles. The quantitative estimate of drug-likeness (QED) is 0.0222. The highest BCUT2D eigenvalue weighted by atomic mass is 31.2. The largest absolute Gasteiger partial charge is 0.472 e. The number of rotatable bonds is 59. The molecule has 0 bridgehead atoms. The molecule has 0 aromatic rings. The highest BCUT2D eigenvalue weighted by Gasteiger charge is 2.30. The van der Waals surface area contributed by atoms with E-state index in [4.69, 9.17) is 37.0 Å². The SMILES string of the molecule is CCCCCCCCCCCCCCCCC(=O)O[C@H](COC(=O)CCCCCCCCCC(C)C)COP(=O)(O)OC[C@@H](O)COP(=O)(O)OC[C@@H](COC(=O)CCCCCCC)OC(=O)CCCCCCCCCC(C)C. The fourth-order valence-electron chi connectivity index (χ4n) is 8.82. The molecule has 0 rings (SSSR count). The molecule has 0 saturated heterocycles. The van der Waals surface area contributed by atoms with Gasteiger partial charge < -0.3 is 33.8 Å². The van der Waals surface area contributed by atoms with Crippen LogP contribution in [0.4, 0.5) is 0 Å². The molecular formula is C60H116O17P2. The molecule has 0 aliphatic heterocycles. The lowest BCUT2D eigenvalue weighted by Gasteiger charge is -2.21. The number of phosphoric ester groups is 2. The number of hydrogen-bond donors (Lipinski definition) is 3. The normalized spacial score (nSPS) is 14.4. The second-order valence-electron chi connectivity index (χ2n) is 22.7. The number of aliphatic hydroxyl groups excluding tert-OH is 1. The van der Waals surface area contributed by atoms with Gasteiger partial charge in [-0.25, -0.2) is 9.13 Å². The van der Waals surface area contributed by atoms with Gasteiger partial charge in [-0.1, -0.05) is 241 Å². The number of carbonyl (C=O) groups is 4. The monoisotopic (exact) mass is 1170 g/mol. The number of carbonyl (C=O) groups excluding carboxylic acids is 4. The molecule has 5 atom stereocenters. The van der Waals surface area contributed by atoms with Gasteiger partial charge in [0.15, 0.2) is 12.2 Å². The second-order valence-corrected chi connectivity index (χ2v) is 25.6. The van der Waals surface area contributed by atoms with Gasteiger partial charge in [0.25, 0.3) is 0 Å².